The second kappa shape index (κ2) is 7.84. The van der Waals surface area contributed by atoms with Gasteiger partial charge in [0.2, 0.25) is 0 Å². The van der Waals surface area contributed by atoms with Gasteiger partial charge < -0.3 is 9.47 Å². The first-order valence-corrected chi connectivity index (χ1v) is 9.53. The summed E-state index contributed by atoms with van der Waals surface area (Å²) in [6.45, 7) is 5.00. The summed E-state index contributed by atoms with van der Waals surface area (Å²) < 4.78 is 14.0. The Kier molecular flexibility index (Phi) is 5.55. The lowest BCUT2D eigenvalue weighted by atomic mass is 10.1. The lowest BCUT2D eigenvalue weighted by molar-refractivity contribution is 0.111. The number of carbonyl (C=O) groups excluding carboxylic acids is 1. The van der Waals surface area contributed by atoms with E-state index < -0.39 is 0 Å². The molecule has 0 spiro atoms. The lowest BCUT2D eigenvalue weighted by Crippen LogP contribution is -1.99. The highest BCUT2D eigenvalue weighted by molar-refractivity contribution is 9.10. The number of hydrogen-bond donors (Lipinski definition) is 0. The Hall–Kier alpha value is -2.12. The van der Waals surface area contributed by atoms with Crippen molar-refractivity contribution < 1.29 is 14.3 Å². The van der Waals surface area contributed by atoms with Gasteiger partial charge in [-0.3, -0.25) is 9.36 Å². The van der Waals surface area contributed by atoms with Crippen LogP contribution in [0.3, 0.4) is 0 Å². The van der Waals surface area contributed by atoms with E-state index in [1.807, 2.05) is 43.6 Å². The van der Waals surface area contributed by atoms with Gasteiger partial charge in [0.1, 0.15) is 11.5 Å². The fourth-order valence-electron chi connectivity index (χ4n) is 2.44. The molecule has 5 nitrogen and oxygen atoms in total. The van der Waals surface area contributed by atoms with Crippen molar-refractivity contribution in [1.29, 1.82) is 0 Å². The molecule has 0 radical (unpaired) electrons. The maximum absolute atomic E-state index is 11.1. The van der Waals surface area contributed by atoms with Crippen LogP contribution in [0.4, 0.5) is 0 Å². The summed E-state index contributed by atoms with van der Waals surface area (Å²) in [6, 6.07) is 7.40. The van der Waals surface area contributed by atoms with Crippen LogP contribution in [-0.4, -0.2) is 29.1 Å². The van der Waals surface area contributed by atoms with Crippen molar-refractivity contribution in [3.05, 3.63) is 46.0 Å². The van der Waals surface area contributed by atoms with Crippen molar-refractivity contribution >= 4 is 33.6 Å². The Bertz CT molecular complexity index is 888. The molecule has 25 heavy (non-hydrogen) atoms. The number of hydrogen-bond acceptors (Lipinski definition) is 5. The molecule has 0 N–H and O–H groups in total. The van der Waals surface area contributed by atoms with Crippen molar-refractivity contribution in [2.24, 2.45) is 0 Å². The summed E-state index contributed by atoms with van der Waals surface area (Å²) in [5, 5.41) is 2.68. The molecule has 0 aliphatic rings. The fourth-order valence-corrected chi connectivity index (χ4v) is 3.70. The molecule has 0 saturated heterocycles. The van der Waals surface area contributed by atoms with Gasteiger partial charge in [-0.1, -0.05) is 0 Å². The zero-order valence-electron chi connectivity index (χ0n) is 13.9. The quantitative estimate of drug-likeness (QED) is 0.506. The van der Waals surface area contributed by atoms with Gasteiger partial charge in [0, 0.05) is 17.1 Å². The number of halogens is 1. The topological polar surface area (TPSA) is 53.4 Å². The van der Waals surface area contributed by atoms with Crippen LogP contribution in [0.2, 0.25) is 0 Å². The minimum atomic E-state index is 0.553. The van der Waals surface area contributed by atoms with Crippen molar-refractivity contribution in [3.63, 3.8) is 0 Å². The molecule has 0 atom stereocenters. The molecule has 3 aromatic rings. The number of aldehydes is 1. The Balaban J connectivity index is 2.06. The third-order valence-electron chi connectivity index (χ3n) is 3.51. The minimum absolute atomic E-state index is 0.553. The molecule has 0 bridgehead atoms. The third-order valence-corrected chi connectivity index (χ3v) is 4.97. The van der Waals surface area contributed by atoms with Crippen molar-refractivity contribution in [1.82, 2.24) is 9.55 Å². The van der Waals surface area contributed by atoms with E-state index in [-0.39, 0.29) is 0 Å². The van der Waals surface area contributed by atoms with Gasteiger partial charge in [0.25, 0.3) is 0 Å². The van der Waals surface area contributed by atoms with E-state index in [9.17, 15) is 4.79 Å². The summed E-state index contributed by atoms with van der Waals surface area (Å²) in [5.41, 5.74) is 2.20. The first kappa shape index (κ1) is 17.7. The highest BCUT2D eigenvalue weighted by Gasteiger charge is 2.16. The molecule has 0 aliphatic heterocycles. The predicted octanol–water partition coefficient (Wildman–Crippen LogP) is 4.97. The van der Waals surface area contributed by atoms with Gasteiger partial charge in [0.15, 0.2) is 11.4 Å². The fraction of sp³-hybridized carbons (Fsp3) is 0.222. The zero-order valence-corrected chi connectivity index (χ0v) is 16.3. The number of aromatic nitrogens is 2. The third kappa shape index (κ3) is 3.62. The van der Waals surface area contributed by atoms with Crippen LogP contribution < -0.4 is 9.47 Å². The molecule has 3 rings (SSSR count). The van der Waals surface area contributed by atoms with Gasteiger partial charge >= 0.3 is 0 Å². The summed E-state index contributed by atoms with van der Waals surface area (Å²) in [7, 11) is 0. The molecular weight excluding hydrogens is 404 g/mol. The van der Waals surface area contributed by atoms with E-state index in [0.29, 0.717) is 18.9 Å². The zero-order chi connectivity index (χ0) is 17.8. The molecule has 0 unspecified atom stereocenters. The maximum atomic E-state index is 11.1. The van der Waals surface area contributed by atoms with Gasteiger partial charge in [-0.15, -0.1) is 11.3 Å². The van der Waals surface area contributed by atoms with Crippen LogP contribution in [-0.2, 0) is 0 Å². The van der Waals surface area contributed by atoms with Crippen molar-refractivity contribution in [2.45, 2.75) is 13.8 Å². The summed E-state index contributed by atoms with van der Waals surface area (Å²) in [5.74, 6) is 1.47. The van der Waals surface area contributed by atoms with Crippen LogP contribution in [0, 0.1) is 0 Å². The Morgan fingerprint density at radius 1 is 1.24 bits per heavy atom. The summed E-state index contributed by atoms with van der Waals surface area (Å²) >= 11 is 4.98. The van der Waals surface area contributed by atoms with Gasteiger partial charge in [-0.25, -0.2) is 4.98 Å². The Morgan fingerprint density at radius 2 is 2.00 bits per heavy atom. The van der Waals surface area contributed by atoms with Crippen LogP contribution in [0.5, 0.6) is 11.5 Å². The standard InChI is InChI=1S/C18H17BrN2O3S/c1-3-23-16-9-14(19)17(24-4-2)8-13(16)15-11-25-18(20-15)21-7-5-6-12(21)10-22/h5-11H,3-4H2,1-2H3. The first-order chi connectivity index (χ1) is 12.2. The Morgan fingerprint density at radius 3 is 2.72 bits per heavy atom. The second-order valence-electron chi connectivity index (χ2n) is 5.08. The van der Waals surface area contributed by atoms with Crippen LogP contribution >= 0.6 is 27.3 Å². The van der Waals surface area contributed by atoms with E-state index >= 15 is 0 Å². The van der Waals surface area contributed by atoms with Crippen molar-refractivity contribution in [3.8, 4) is 27.9 Å². The molecule has 0 aliphatic carbocycles. The van der Waals surface area contributed by atoms with E-state index in [1.165, 1.54) is 11.3 Å². The van der Waals surface area contributed by atoms with Gasteiger partial charge in [-0.2, -0.15) is 0 Å². The van der Waals surface area contributed by atoms with E-state index in [1.54, 1.807) is 10.6 Å². The smallest absolute Gasteiger partial charge is 0.194 e. The Labute approximate surface area is 158 Å². The molecule has 0 saturated carbocycles. The normalized spacial score (nSPS) is 10.7. The monoisotopic (exact) mass is 420 g/mol. The van der Waals surface area contributed by atoms with Crippen LogP contribution in [0.1, 0.15) is 24.3 Å². The molecule has 1 aromatic carbocycles. The summed E-state index contributed by atoms with van der Waals surface area (Å²) in [4.78, 5) is 15.8. The predicted molar refractivity (Wildman–Crippen MR) is 102 cm³/mol. The number of benzene rings is 1. The number of carbonyl (C=O) groups is 1. The van der Waals surface area contributed by atoms with Gasteiger partial charge in [0.05, 0.1) is 29.1 Å². The highest BCUT2D eigenvalue weighted by atomic mass is 79.9. The molecular formula is C18H17BrN2O3S. The minimum Gasteiger partial charge on any atom is -0.493 e. The second-order valence-corrected chi connectivity index (χ2v) is 6.77. The SMILES string of the molecule is CCOc1cc(-c2csc(-n3cccc3C=O)n2)c(OCC)cc1Br. The lowest BCUT2D eigenvalue weighted by Gasteiger charge is -2.13. The van der Waals surface area contributed by atoms with E-state index in [2.05, 4.69) is 20.9 Å². The number of nitrogens with zero attached hydrogens (tertiary/aromatic N) is 2. The number of thiazole rings is 1. The van der Waals surface area contributed by atoms with E-state index in [4.69, 9.17) is 9.47 Å². The first-order valence-electron chi connectivity index (χ1n) is 7.85. The molecule has 130 valence electrons. The number of ether oxygens (including phenoxy) is 2. The summed E-state index contributed by atoms with van der Waals surface area (Å²) in [6.07, 6.45) is 2.64. The maximum Gasteiger partial charge on any atom is 0.194 e. The molecule has 7 heteroatoms. The largest absolute Gasteiger partial charge is 0.493 e. The molecule has 0 amide bonds. The molecule has 2 aromatic heterocycles. The molecule has 2 heterocycles. The van der Waals surface area contributed by atoms with Crippen molar-refractivity contribution in [2.75, 3.05) is 13.2 Å². The highest BCUT2D eigenvalue weighted by Crippen LogP contribution is 2.39. The average molecular weight is 421 g/mol. The van der Waals surface area contributed by atoms with Crippen LogP contribution in [0.15, 0.2) is 40.3 Å². The van der Waals surface area contributed by atoms with Gasteiger partial charge in [-0.05, 0) is 54.0 Å². The average Bonchev–Trinajstić information content (AvgIpc) is 3.25. The van der Waals surface area contributed by atoms with E-state index in [0.717, 1.165) is 38.6 Å². The molecule has 0 fully saturated rings. The van der Waals surface area contributed by atoms with Crippen LogP contribution in [0.25, 0.3) is 16.4 Å². The number of rotatable bonds is 7.